The number of benzene rings is 3. The van der Waals surface area contributed by atoms with Crippen LogP contribution < -0.4 is 15.4 Å². The third-order valence-electron chi connectivity index (χ3n) is 4.39. The molecule has 1 aromatic heterocycles. The number of aromatic nitrogens is 1. The Bertz CT molecular complexity index is 1290. The summed E-state index contributed by atoms with van der Waals surface area (Å²) in [5.41, 5.74) is 3.01. The van der Waals surface area contributed by atoms with Crippen LogP contribution in [-0.2, 0) is 0 Å². The standard InChI is InChI=1S/C22H15Cl2N3O3S/c1-29-15-6-2-12(3-7-15)21-26-18-11-14(5-9-19(18)30-21)25-22(31)27-20(28)16-8-4-13(23)10-17(16)24/h2-11H,1H3,(H2,25,27,28,31). The summed E-state index contributed by atoms with van der Waals surface area (Å²) in [6.07, 6.45) is 0. The van der Waals surface area contributed by atoms with Gasteiger partial charge in [0.05, 0.1) is 17.7 Å². The minimum atomic E-state index is -0.441. The molecule has 2 N–H and O–H groups in total. The molecule has 31 heavy (non-hydrogen) atoms. The molecule has 0 saturated carbocycles. The van der Waals surface area contributed by atoms with E-state index >= 15 is 0 Å². The molecular formula is C22H15Cl2N3O3S. The van der Waals surface area contributed by atoms with Crippen LogP contribution in [0.1, 0.15) is 10.4 Å². The van der Waals surface area contributed by atoms with Crippen LogP contribution in [0.15, 0.2) is 65.1 Å². The second-order valence-electron chi connectivity index (χ2n) is 6.46. The van der Waals surface area contributed by atoms with Gasteiger partial charge in [-0.3, -0.25) is 10.1 Å². The van der Waals surface area contributed by atoms with Crippen LogP contribution >= 0.6 is 35.4 Å². The molecule has 0 aliphatic carbocycles. The Hall–Kier alpha value is -3.13. The van der Waals surface area contributed by atoms with Crippen molar-refractivity contribution in [3.05, 3.63) is 76.3 Å². The summed E-state index contributed by atoms with van der Waals surface area (Å²) in [6, 6.07) is 17.4. The number of thiocarbonyl (C=S) groups is 1. The van der Waals surface area contributed by atoms with Crippen molar-refractivity contribution >= 4 is 63.2 Å². The predicted molar refractivity (Wildman–Crippen MR) is 126 cm³/mol. The van der Waals surface area contributed by atoms with Gasteiger partial charge in [-0.1, -0.05) is 23.2 Å². The van der Waals surface area contributed by atoms with Gasteiger partial charge in [0.2, 0.25) is 5.89 Å². The Morgan fingerprint density at radius 1 is 1.06 bits per heavy atom. The molecule has 156 valence electrons. The van der Waals surface area contributed by atoms with Crippen molar-refractivity contribution in [1.29, 1.82) is 0 Å². The summed E-state index contributed by atoms with van der Waals surface area (Å²) in [5, 5.41) is 6.36. The maximum absolute atomic E-state index is 12.4. The summed E-state index contributed by atoms with van der Waals surface area (Å²) < 4.78 is 11.0. The van der Waals surface area contributed by atoms with Gasteiger partial charge in [0.1, 0.15) is 11.3 Å². The minimum Gasteiger partial charge on any atom is -0.497 e. The van der Waals surface area contributed by atoms with Gasteiger partial charge < -0.3 is 14.5 Å². The van der Waals surface area contributed by atoms with Crippen molar-refractivity contribution in [3.63, 3.8) is 0 Å². The Balaban J connectivity index is 1.48. The van der Waals surface area contributed by atoms with Crippen LogP contribution in [0.2, 0.25) is 10.0 Å². The zero-order valence-corrected chi connectivity index (χ0v) is 18.4. The van der Waals surface area contributed by atoms with E-state index in [0.717, 1.165) is 11.3 Å². The second-order valence-corrected chi connectivity index (χ2v) is 7.71. The van der Waals surface area contributed by atoms with Gasteiger partial charge in [-0.15, -0.1) is 0 Å². The lowest BCUT2D eigenvalue weighted by Gasteiger charge is -2.10. The lowest BCUT2D eigenvalue weighted by molar-refractivity contribution is 0.0978. The fraction of sp³-hybridized carbons (Fsp3) is 0.0455. The van der Waals surface area contributed by atoms with Crippen LogP contribution in [0.3, 0.4) is 0 Å². The highest BCUT2D eigenvalue weighted by molar-refractivity contribution is 7.80. The van der Waals surface area contributed by atoms with Crippen molar-refractivity contribution in [1.82, 2.24) is 10.3 Å². The highest BCUT2D eigenvalue weighted by Crippen LogP contribution is 2.27. The number of carbonyl (C=O) groups excluding carboxylic acids is 1. The molecule has 0 radical (unpaired) electrons. The van der Waals surface area contributed by atoms with E-state index in [2.05, 4.69) is 15.6 Å². The number of hydrogen-bond donors (Lipinski definition) is 2. The van der Waals surface area contributed by atoms with Gasteiger partial charge in [-0.25, -0.2) is 4.98 Å². The number of anilines is 1. The smallest absolute Gasteiger partial charge is 0.258 e. The van der Waals surface area contributed by atoms with E-state index in [1.165, 1.54) is 12.1 Å². The molecule has 9 heteroatoms. The number of methoxy groups -OCH3 is 1. The SMILES string of the molecule is COc1ccc(-c2nc3cc(NC(=S)NC(=O)c4ccc(Cl)cc4Cl)ccc3o2)cc1. The normalized spacial score (nSPS) is 10.7. The van der Waals surface area contributed by atoms with Gasteiger partial charge in [-0.2, -0.15) is 0 Å². The van der Waals surface area contributed by atoms with Crippen LogP contribution in [0.4, 0.5) is 5.69 Å². The molecule has 4 aromatic rings. The first-order chi connectivity index (χ1) is 14.9. The number of oxazole rings is 1. The molecule has 6 nitrogen and oxygen atoms in total. The van der Waals surface area contributed by atoms with Gasteiger partial charge in [-0.05, 0) is 72.9 Å². The molecular weight excluding hydrogens is 457 g/mol. The first-order valence-corrected chi connectivity index (χ1v) is 10.2. The maximum Gasteiger partial charge on any atom is 0.258 e. The third-order valence-corrected chi connectivity index (χ3v) is 5.14. The summed E-state index contributed by atoms with van der Waals surface area (Å²) in [4.78, 5) is 16.9. The summed E-state index contributed by atoms with van der Waals surface area (Å²) >= 11 is 17.2. The Morgan fingerprint density at radius 3 is 2.55 bits per heavy atom. The van der Waals surface area contributed by atoms with Crippen molar-refractivity contribution in [2.45, 2.75) is 0 Å². The van der Waals surface area contributed by atoms with Crippen molar-refractivity contribution in [3.8, 4) is 17.2 Å². The molecule has 4 rings (SSSR count). The molecule has 0 atom stereocenters. The number of rotatable bonds is 4. The quantitative estimate of drug-likeness (QED) is 0.358. The molecule has 1 heterocycles. The van der Waals surface area contributed by atoms with E-state index in [4.69, 9.17) is 44.6 Å². The number of ether oxygens (including phenoxy) is 1. The highest BCUT2D eigenvalue weighted by atomic mass is 35.5. The Labute approximate surface area is 193 Å². The van der Waals surface area contributed by atoms with Gasteiger partial charge in [0.15, 0.2) is 10.7 Å². The lowest BCUT2D eigenvalue weighted by atomic mass is 10.2. The van der Waals surface area contributed by atoms with Crippen molar-refractivity contribution in [2.24, 2.45) is 0 Å². The van der Waals surface area contributed by atoms with E-state index in [1.807, 2.05) is 24.3 Å². The summed E-state index contributed by atoms with van der Waals surface area (Å²) in [5.74, 6) is 0.799. The van der Waals surface area contributed by atoms with Gasteiger partial charge >= 0.3 is 0 Å². The number of carbonyl (C=O) groups is 1. The number of amides is 1. The van der Waals surface area contributed by atoms with E-state index in [1.54, 1.807) is 31.4 Å². The first kappa shape index (κ1) is 21.1. The molecule has 0 bridgehead atoms. The number of nitrogens with one attached hydrogen (secondary N) is 2. The van der Waals surface area contributed by atoms with Gasteiger partial charge in [0.25, 0.3) is 5.91 Å². The van der Waals surface area contributed by atoms with E-state index in [9.17, 15) is 4.79 Å². The van der Waals surface area contributed by atoms with Crippen LogP contribution in [0.5, 0.6) is 5.75 Å². The summed E-state index contributed by atoms with van der Waals surface area (Å²) in [6.45, 7) is 0. The fourth-order valence-corrected chi connectivity index (χ4v) is 3.57. The molecule has 0 saturated heterocycles. The zero-order valence-electron chi connectivity index (χ0n) is 16.1. The van der Waals surface area contributed by atoms with Gasteiger partial charge in [0, 0.05) is 16.3 Å². The number of halogens is 2. The molecule has 0 fully saturated rings. The van der Waals surface area contributed by atoms with Crippen LogP contribution in [-0.4, -0.2) is 23.1 Å². The maximum atomic E-state index is 12.4. The molecule has 3 aromatic carbocycles. The first-order valence-electron chi connectivity index (χ1n) is 9.05. The summed E-state index contributed by atoms with van der Waals surface area (Å²) in [7, 11) is 1.61. The number of hydrogen-bond acceptors (Lipinski definition) is 5. The highest BCUT2D eigenvalue weighted by Gasteiger charge is 2.13. The number of fused-ring (bicyclic) bond motifs is 1. The molecule has 0 spiro atoms. The Morgan fingerprint density at radius 2 is 1.84 bits per heavy atom. The Kier molecular flexibility index (Phi) is 6.08. The fourth-order valence-electron chi connectivity index (χ4n) is 2.87. The largest absolute Gasteiger partial charge is 0.497 e. The van der Waals surface area contributed by atoms with E-state index in [0.29, 0.717) is 27.7 Å². The van der Waals surface area contributed by atoms with Crippen molar-refractivity contribution in [2.75, 3.05) is 12.4 Å². The average molecular weight is 472 g/mol. The average Bonchev–Trinajstić information content (AvgIpc) is 3.17. The monoisotopic (exact) mass is 471 g/mol. The van der Waals surface area contributed by atoms with E-state index < -0.39 is 5.91 Å². The van der Waals surface area contributed by atoms with E-state index in [-0.39, 0.29) is 15.7 Å². The van der Waals surface area contributed by atoms with Crippen LogP contribution in [0.25, 0.3) is 22.6 Å². The minimum absolute atomic E-state index is 0.120. The second kappa shape index (κ2) is 8.93. The molecule has 0 aliphatic rings. The predicted octanol–water partition coefficient (Wildman–Crippen LogP) is 5.94. The zero-order chi connectivity index (χ0) is 22.0. The molecule has 0 aliphatic heterocycles. The lowest BCUT2D eigenvalue weighted by Crippen LogP contribution is -2.34. The molecule has 0 unspecified atom stereocenters. The molecule has 1 amide bonds. The topological polar surface area (TPSA) is 76.4 Å². The van der Waals surface area contributed by atoms with Crippen molar-refractivity contribution < 1.29 is 13.9 Å². The van der Waals surface area contributed by atoms with Crippen LogP contribution in [0, 0.1) is 0 Å². The number of nitrogens with zero attached hydrogens (tertiary/aromatic N) is 1. The third kappa shape index (κ3) is 4.80.